The van der Waals surface area contributed by atoms with Crippen molar-refractivity contribution in [1.82, 2.24) is 9.55 Å². The maximum Gasteiger partial charge on any atom is 0.110 e. The van der Waals surface area contributed by atoms with Crippen LogP contribution in [0, 0.1) is 5.92 Å². The van der Waals surface area contributed by atoms with E-state index < -0.39 is 0 Å². The van der Waals surface area contributed by atoms with Gasteiger partial charge in [0, 0.05) is 18.7 Å². The predicted molar refractivity (Wildman–Crippen MR) is 84.3 cm³/mol. The molecule has 21 heavy (non-hydrogen) atoms. The van der Waals surface area contributed by atoms with E-state index in [9.17, 15) is 0 Å². The van der Waals surface area contributed by atoms with Crippen molar-refractivity contribution in [3.8, 4) is 0 Å². The van der Waals surface area contributed by atoms with Gasteiger partial charge in [0.1, 0.15) is 5.82 Å². The predicted octanol–water partition coefficient (Wildman–Crippen LogP) is 3.31. The lowest BCUT2D eigenvalue weighted by Crippen LogP contribution is -2.23. The molecule has 2 fully saturated rings. The summed E-state index contributed by atoms with van der Waals surface area (Å²) in [4.78, 5) is 4.85. The molecule has 2 N–H and O–H groups in total. The van der Waals surface area contributed by atoms with Crippen LogP contribution in [0.15, 0.2) is 18.2 Å². The largest absolute Gasteiger partial charge is 0.399 e. The molecule has 2 aromatic rings. The summed E-state index contributed by atoms with van der Waals surface area (Å²) in [7, 11) is 0. The van der Waals surface area contributed by atoms with Crippen molar-refractivity contribution in [1.29, 1.82) is 0 Å². The van der Waals surface area contributed by atoms with Gasteiger partial charge in [-0.3, -0.25) is 0 Å². The number of rotatable bonds is 4. The number of hydrogen-bond acceptors (Lipinski definition) is 3. The van der Waals surface area contributed by atoms with Gasteiger partial charge in [0.05, 0.1) is 23.2 Å². The monoisotopic (exact) mass is 285 g/mol. The lowest BCUT2D eigenvalue weighted by molar-refractivity contribution is 0.0753. The number of nitrogen functional groups attached to an aromatic ring is 1. The molecule has 4 heteroatoms. The zero-order valence-electron chi connectivity index (χ0n) is 12.6. The quantitative estimate of drug-likeness (QED) is 0.877. The van der Waals surface area contributed by atoms with Crippen molar-refractivity contribution in [3.05, 3.63) is 24.0 Å². The van der Waals surface area contributed by atoms with E-state index in [4.69, 9.17) is 15.5 Å². The number of anilines is 1. The second-order valence-corrected chi connectivity index (χ2v) is 6.43. The number of imidazole rings is 1. The molecule has 112 valence electrons. The molecule has 1 saturated carbocycles. The van der Waals surface area contributed by atoms with Crippen LogP contribution >= 0.6 is 0 Å². The summed E-state index contributed by atoms with van der Waals surface area (Å²) in [6, 6.07) is 6.55. The van der Waals surface area contributed by atoms with Crippen LogP contribution in [0.5, 0.6) is 0 Å². The van der Waals surface area contributed by atoms with Gasteiger partial charge in [0.2, 0.25) is 0 Å². The van der Waals surface area contributed by atoms with Gasteiger partial charge in [0.15, 0.2) is 0 Å². The van der Waals surface area contributed by atoms with Crippen LogP contribution in [0.1, 0.15) is 44.5 Å². The minimum atomic E-state index is 0.385. The molecule has 2 atom stereocenters. The Balaban J connectivity index is 1.82. The number of ether oxygens (including phenoxy) is 1. The molecule has 0 bridgehead atoms. The van der Waals surface area contributed by atoms with Crippen molar-refractivity contribution >= 4 is 16.7 Å². The molecular formula is C17H23N3O. The second kappa shape index (κ2) is 5.02. The van der Waals surface area contributed by atoms with Gasteiger partial charge in [-0.25, -0.2) is 4.98 Å². The second-order valence-electron chi connectivity index (χ2n) is 6.43. The number of benzene rings is 1. The van der Waals surface area contributed by atoms with Crippen LogP contribution in [0.4, 0.5) is 5.69 Å². The van der Waals surface area contributed by atoms with E-state index in [2.05, 4.69) is 17.6 Å². The Morgan fingerprint density at radius 1 is 1.33 bits per heavy atom. The van der Waals surface area contributed by atoms with Crippen LogP contribution in [-0.4, -0.2) is 22.3 Å². The van der Waals surface area contributed by atoms with E-state index in [1.54, 1.807) is 0 Å². The molecule has 1 saturated heterocycles. The van der Waals surface area contributed by atoms with Gasteiger partial charge >= 0.3 is 0 Å². The average Bonchev–Trinajstić information content (AvgIpc) is 3.09. The summed E-state index contributed by atoms with van der Waals surface area (Å²) in [5.41, 5.74) is 8.95. The third-order valence-electron chi connectivity index (χ3n) is 4.78. The first-order chi connectivity index (χ1) is 10.3. The highest BCUT2D eigenvalue weighted by molar-refractivity contribution is 5.80. The molecule has 1 aliphatic carbocycles. The number of aryl methyl sites for hydroxylation is 1. The van der Waals surface area contributed by atoms with Gasteiger partial charge in [-0.15, -0.1) is 0 Å². The maximum absolute atomic E-state index is 6.05. The zero-order chi connectivity index (χ0) is 14.4. The summed E-state index contributed by atoms with van der Waals surface area (Å²) >= 11 is 0. The Bertz CT molecular complexity index is 659. The zero-order valence-corrected chi connectivity index (χ0v) is 12.6. The third kappa shape index (κ3) is 2.22. The van der Waals surface area contributed by atoms with Gasteiger partial charge in [-0.1, -0.05) is 6.92 Å². The van der Waals surface area contributed by atoms with Gasteiger partial charge < -0.3 is 15.0 Å². The first-order valence-corrected chi connectivity index (χ1v) is 8.16. The smallest absolute Gasteiger partial charge is 0.110 e. The third-order valence-corrected chi connectivity index (χ3v) is 4.78. The van der Waals surface area contributed by atoms with Crippen LogP contribution in [0.2, 0.25) is 0 Å². The maximum atomic E-state index is 6.05. The molecule has 1 aromatic carbocycles. The van der Waals surface area contributed by atoms with E-state index in [0.717, 1.165) is 43.0 Å². The van der Waals surface area contributed by atoms with E-state index in [-0.39, 0.29) is 0 Å². The number of fused-ring (bicyclic) bond motifs is 1. The van der Waals surface area contributed by atoms with Crippen molar-refractivity contribution in [2.24, 2.45) is 5.92 Å². The Hall–Kier alpha value is -1.55. The highest BCUT2D eigenvalue weighted by atomic mass is 16.5. The highest BCUT2D eigenvalue weighted by Gasteiger charge is 2.42. The lowest BCUT2D eigenvalue weighted by atomic mass is 10.1. The molecule has 4 nitrogen and oxygen atoms in total. The number of hydrogen-bond donors (Lipinski definition) is 1. The summed E-state index contributed by atoms with van der Waals surface area (Å²) < 4.78 is 8.50. The van der Waals surface area contributed by atoms with Crippen LogP contribution in [-0.2, 0) is 11.2 Å². The molecule has 1 aliphatic heterocycles. The fraction of sp³-hybridized carbons (Fsp3) is 0.588. The molecule has 2 aliphatic rings. The number of nitrogens with two attached hydrogens (primary N) is 1. The van der Waals surface area contributed by atoms with Crippen molar-refractivity contribution in [3.63, 3.8) is 0 Å². The number of aromatic nitrogens is 2. The van der Waals surface area contributed by atoms with E-state index in [0.29, 0.717) is 12.1 Å². The first kappa shape index (κ1) is 13.1. The lowest BCUT2D eigenvalue weighted by Gasteiger charge is -2.22. The van der Waals surface area contributed by atoms with E-state index in [1.165, 1.54) is 24.2 Å². The molecule has 0 spiro atoms. The minimum absolute atomic E-state index is 0.385. The van der Waals surface area contributed by atoms with E-state index in [1.807, 2.05) is 12.1 Å². The average molecular weight is 285 g/mol. The van der Waals surface area contributed by atoms with Crippen molar-refractivity contribution < 1.29 is 4.74 Å². The molecule has 0 amide bonds. The molecule has 4 rings (SSSR count). The fourth-order valence-corrected chi connectivity index (χ4v) is 3.69. The Morgan fingerprint density at radius 3 is 2.95 bits per heavy atom. The van der Waals surface area contributed by atoms with Crippen molar-refractivity contribution in [2.45, 2.75) is 51.2 Å². The molecule has 0 radical (unpaired) electrons. The van der Waals surface area contributed by atoms with Gasteiger partial charge in [-0.05, 0) is 49.8 Å². The summed E-state index contributed by atoms with van der Waals surface area (Å²) in [5.74, 6) is 1.96. The molecule has 2 unspecified atom stereocenters. The Labute approximate surface area is 125 Å². The summed E-state index contributed by atoms with van der Waals surface area (Å²) in [6.45, 7) is 3.09. The van der Waals surface area contributed by atoms with Gasteiger partial charge in [0.25, 0.3) is 0 Å². The van der Waals surface area contributed by atoms with Crippen molar-refractivity contribution in [2.75, 3.05) is 12.3 Å². The normalized spacial score (nSPS) is 25.8. The number of nitrogens with zero attached hydrogens (tertiary/aromatic N) is 2. The highest BCUT2D eigenvalue weighted by Crippen LogP contribution is 2.44. The minimum Gasteiger partial charge on any atom is -0.399 e. The summed E-state index contributed by atoms with van der Waals surface area (Å²) in [5, 5.41) is 0. The SMILES string of the molecule is CCCc1nc2cc(N)ccc2n1C1CCOC1C1CC1. The first-order valence-electron chi connectivity index (χ1n) is 8.16. The molecular weight excluding hydrogens is 262 g/mol. The van der Waals surface area contributed by atoms with E-state index >= 15 is 0 Å². The van der Waals surface area contributed by atoms with Crippen LogP contribution in [0.3, 0.4) is 0 Å². The topological polar surface area (TPSA) is 53.1 Å². The standard InChI is InChI=1S/C17H23N3O/c1-2-3-16-19-13-10-12(18)6-7-14(13)20(16)15-8-9-21-17(15)11-4-5-11/h6-7,10-11,15,17H,2-5,8-9,18H2,1H3. The van der Waals surface area contributed by atoms with Gasteiger partial charge in [-0.2, -0.15) is 0 Å². The molecule has 1 aromatic heterocycles. The van der Waals surface area contributed by atoms with Crippen LogP contribution in [0.25, 0.3) is 11.0 Å². The summed E-state index contributed by atoms with van der Waals surface area (Å²) in [6.07, 6.45) is 6.26. The Morgan fingerprint density at radius 2 is 2.19 bits per heavy atom. The molecule has 2 heterocycles. The fourth-order valence-electron chi connectivity index (χ4n) is 3.69. The Kier molecular flexibility index (Phi) is 3.14. The van der Waals surface area contributed by atoms with Crippen LogP contribution < -0.4 is 5.73 Å².